The number of amides is 1. The topological polar surface area (TPSA) is 49.8 Å². The third kappa shape index (κ3) is 1.46. The van der Waals surface area contributed by atoms with Crippen LogP contribution in [0.4, 0.5) is 0 Å². The van der Waals surface area contributed by atoms with Crippen LogP contribution in [-0.2, 0) is 9.53 Å². The van der Waals surface area contributed by atoms with Crippen molar-refractivity contribution in [3.63, 3.8) is 0 Å². The van der Waals surface area contributed by atoms with Crippen molar-refractivity contribution in [3.05, 3.63) is 0 Å². The van der Waals surface area contributed by atoms with E-state index >= 15 is 0 Å². The molecule has 4 aliphatic rings. The highest BCUT2D eigenvalue weighted by atomic mass is 16.6. The lowest BCUT2D eigenvalue weighted by Gasteiger charge is -2.46. The number of ether oxygens (including phenoxy) is 1. The third-order valence-electron chi connectivity index (χ3n) is 6.36. The van der Waals surface area contributed by atoms with Gasteiger partial charge in [0.25, 0.3) is 0 Å². The van der Waals surface area contributed by atoms with Crippen molar-refractivity contribution >= 4 is 5.91 Å². The summed E-state index contributed by atoms with van der Waals surface area (Å²) in [7, 11) is 0. The summed E-state index contributed by atoms with van der Waals surface area (Å²) in [6, 6.07) is 0. The zero-order valence-corrected chi connectivity index (χ0v) is 13.5. The second-order valence-electron chi connectivity index (χ2n) is 8.48. The normalized spacial score (nSPS) is 50.5. The van der Waals surface area contributed by atoms with Gasteiger partial charge in [-0.05, 0) is 51.9 Å². The molecule has 7 unspecified atom stereocenters. The first-order valence-corrected chi connectivity index (χ1v) is 8.53. The number of hydrogen-bond donors (Lipinski definition) is 1. The SMILES string of the molecule is CCCCC12OC3C(O)C4CC3C1C4C(=O)N2C(C)(C)C. The monoisotopic (exact) mass is 293 g/mol. The van der Waals surface area contributed by atoms with E-state index in [-0.39, 0.29) is 29.4 Å². The Bertz CT molecular complexity index is 485. The number of unbranched alkanes of at least 4 members (excludes halogenated alkanes) is 1. The van der Waals surface area contributed by atoms with Crippen molar-refractivity contribution in [3.8, 4) is 0 Å². The number of hydrogen-bond acceptors (Lipinski definition) is 3. The summed E-state index contributed by atoms with van der Waals surface area (Å²) in [4.78, 5) is 15.2. The molecule has 2 bridgehead atoms. The number of likely N-dealkylation sites (tertiary alicyclic amines) is 1. The van der Waals surface area contributed by atoms with Gasteiger partial charge in [0, 0.05) is 11.5 Å². The lowest BCUT2D eigenvalue weighted by Crippen LogP contribution is -2.58. The van der Waals surface area contributed by atoms with Gasteiger partial charge in [-0.15, -0.1) is 0 Å². The zero-order chi connectivity index (χ0) is 15.2. The van der Waals surface area contributed by atoms with E-state index in [9.17, 15) is 9.90 Å². The highest BCUT2D eigenvalue weighted by Crippen LogP contribution is 2.69. The zero-order valence-electron chi connectivity index (χ0n) is 13.5. The van der Waals surface area contributed by atoms with Crippen molar-refractivity contribution in [2.24, 2.45) is 23.7 Å². The van der Waals surface area contributed by atoms with Gasteiger partial charge in [0.1, 0.15) is 5.72 Å². The first kappa shape index (κ1) is 14.0. The molecule has 2 heterocycles. The minimum Gasteiger partial charge on any atom is -0.390 e. The molecule has 0 aromatic carbocycles. The molecule has 4 rings (SSSR count). The Morgan fingerprint density at radius 3 is 2.71 bits per heavy atom. The maximum absolute atomic E-state index is 13.1. The van der Waals surface area contributed by atoms with Crippen LogP contribution < -0.4 is 0 Å². The molecule has 21 heavy (non-hydrogen) atoms. The number of nitrogens with zero attached hydrogens (tertiary/aromatic N) is 1. The van der Waals surface area contributed by atoms with E-state index in [2.05, 4.69) is 32.6 Å². The molecule has 2 aliphatic heterocycles. The van der Waals surface area contributed by atoms with Gasteiger partial charge in [-0.1, -0.05) is 13.3 Å². The number of fused-ring (bicyclic) bond motifs is 2. The van der Waals surface area contributed by atoms with Crippen molar-refractivity contribution in [1.29, 1.82) is 0 Å². The first-order valence-electron chi connectivity index (χ1n) is 8.53. The Balaban J connectivity index is 1.81. The highest BCUT2D eigenvalue weighted by molar-refractivity contribution is 5.85. The Kier molecular flexibility index (Phi) is 2.68. The molecule has 118 valence electrons. The minimum absolute atomic E-state index is 0.000156. The van der Waals surface area contributed by atoms with Crippen molar-refractivity contribution in [2.45, 2.75) is 76.9 Å². The Hall–Kier alpha value is -0.610. The average molecular weight is 293 g/mol. The standard InChI is InChI=1S/C17H27NO3/c1-5-6-7-17-12-10-8-9(13(19)14(10)21-17)11(12)15(20)18(17)16(2,3)4/h9-14,19H,5-8H2,1-4H3. The molecule has 4 heteroatoms. The summed E-state index contributed by atoms with van der Waals surface area (Å²) < 4.78 is 6.50. The quantitative estimate of drug-likeness (QED) is 0.867. The molecule has 2 saturated heterocycles. The summed E-state index contributed by atoms with van der Waals surface area (Å²) in [5.74, 6) is 1.07. The predicted octanol–water partition coefficient (Wildman–Crippen LogP) is 2.16. The molecule has 0 spiro atoms. The second kappa shape index (κ2) is 4.02. The maximum atomic E-state index is 13.1. The molecule has 1 amide bonds. The van der Waals surface area contributed by atoms with Crippen LogP contribution in [0.25, 0.3) is 0 Å². The molecular weight excluding hydrogens is 266 g/mol. The van der Waals surface area contributed by atoms with Gasteiger partial charge in [-0.25, -0.2) is 0 Å². The number of aliphatic hydroxyl groups is 1. The minimum atomic E-state index is -0.447. The van der Waals surface area contributed by atoms with Gasteiger partial charge in [-0.3, -0.25) is 4.79 Å². The highest BCUT2D eigenvalue weighted by Gasteiger charge is 2.78. The van der Waals surface area contributed by atoms with Crippen LogP contribution >= 0.6 is 0 Å². The molecule has 4 nitrogen and oxygen atoms in total. The summed E-state index contributed by atoms with van der Waals surface area (Å²) in [5.41, 5.74) is -0.668. The fourth-order valence-electron chi connectivity index (χ4n) is 5.95. The molecule has 0 radical (unpaired) electrons. The van der Waals surface area contributed by atoms with Gasteiger partial charge in [0.15, 0.2) is 0 Å². The Labute approximate surface area is 126 Å². The molecule has 2 aliphatic carbocycles. The van der Waals surface area contributed by atoms with Gasteiger partial charge in [0.05, 0.1) is 18.1 Å². The lowest BCUT2D eigenvalue weighted by molar-refractivity contribution is -0.197. The van der Waals surface area contributed by atoms with E-state index in [1.807, 2.05) is 0 Å². The summed E-state index contributed by atoms with van der Waals surface area (Å²) >= 11 is 0. The summed E-state index contributed by atoms with van der Waals surface area (Å²) in [6.07, 6.45) is 3.62. The molecule has 7 atom stereocenters. The van der Waals surface area contributed by atoms with Crippen LogP contribution in [0.1, 0.15) is 53.4 Å². The van der Waals surface area contributed by atoms with Crippen LogP contribution in [0, 0.1) is 23.7 Å². The van der Waals surface area contributed by atoms with Gasteiger partial charge < -0.3 is 14.7 Å². The predicted molar refractivity (Wildman–Crippen MR) is 78.3 cm³/mol. The summed E-state index contributed by atoms with van der Waals surface area (Å²) in [6.45, 7) is 8.51. The molecule has 2 saturated carbocycles. The third-order valence-corrected chi connectivity index (χ3v) is 6.36. The smallest absolute Gasteiger partial charge is 0.229 e. The Morgan fingerprint density at radius 1 is 1.38 bits per heavy atom. The van der Waals surface area contributed by atoms with Crippen molar-refractivity contribution in [2.75, 3.05) is 0 Å². The van der Waals surface area contributed by atoms with Crippen LogP contribution in [-0.4, -0.2) is 39.4 Å². The fraction of sp³-hybridized carbons (Fsp3) is 0.941. The van der Waals surface area contributed by atoms with Crippen LogP contribution in [0.5, 0.6) is 0 Å². The number of carbonyl (C=O) groups excluding carboxylic acids is 1. The summed E-state index contributed by atoms with van der Waals surface area (Å²) in [5, 5.41) is 10.5. The number of rotatable bonds is 3. The van der Waals surface area contributed by atoms with E-state index in [0.717, 1.165) is 25.7 Å². The average Bonchev–Trinajstić information content (AvgIpc) is 3.02. The van der Waals surface area contributed by atoms with Gasteiger partial charge in [-0.2, -0.15) is 0 Å². The first-order chi connectivity index (χ1) is 9.83. The van der Waals surface area contributed by atoms with Gasteiger partial charge in [0.2, 0.25) is 5.91 Å². The molecule has 0 aromatic heterocycles. The van der Waals surface area contributed by atoms with E-state index in [1.165, 1.54) is 0 Å². The molecule has 0 aromatic rings. The maximum Gasteiger partial charge on any atom is 0.229 e. The number of aliphatic hydroxyl groups excluding tert-OH is 1. The van der Waals surface area contributed by atoms with Crippen molar-refractivity contribution in [1.82, 2.24) is 4.90 Å². The van der Waals surface area contributed by atoms with E-state index in [0.29, 0.717) is 11.8 Å². The van der Waals surface area contributed by atoms with Crippen LogP contribution in [0.2, 0.25) is 0 Å². The van der Waals surface area contributed by atoms with Gasteiger partial charge >= 0.3 is 0 Å². The molecule has 4 fully saturated rings. The molecular formula is C17H27NO3. The van der Waals surface area contributed by atoms with Crippen molar-refractivity contribution < 1.29 is 14.6 Å². The van der Waals surface area contributed by atoms with Crippen LogP contribution in [0.15, 0.2) is 0 Å². The fourth-order valence-corrected chi connectivity index (χ4v) is 5.95. The van der Waals surface area contributed by atoms with E-state index in [1.54, 1.807) is 0 Å². The largest absolute Gasteiger partial charge is 0.390 e. The van der Waals surface area contributed by atoms with E-state index in [4.69, 9.17) is 4.74 Å². The van der Waals surface area contributed by atoms with Crippen LogP contribution in [0.3, 0.4) is 0 Å². The Morgan fingerprint density at radius 2 is 2.10 bits per heavy atom. The van der Waals surface area contributed by atoms with E-state index < -0.39 is 11.8 Å². The number of carbonyl (C=O) groups is 1. The molecule has 1 N–H and O–H groups in total. The second-order valence-corrected chi connectivity index (χ2v) is 8.48. The lowest BCUT2D eigenvalue weighted by atomic mass is 9.76.